The standard InChI is InChI=1S/C15H23N3O6/c1-15(2,3)23-14(19)18-4-5-20-8-10(18)12-16-13(24-17-12)11-9-21-6-7-22-11/h10-11H,4-9H2,1-3H3/t10-,11+/m0/s1. The highest BCUT2D eigenvalue weighted by atomic mass is 16.6. The number of ether oxygens (including phenoxy) is 4. The van der Waals surface area contributed by atoms with Crippen LogP contribution >= 0.6 is 0 Å². The molecular formula is C15H23N3O6. The van der Waals surface area contributed by atoms with Crippen LogP contribution in [-0.4, -0.2) is 66.3 Å². The van der Waals surface area contributed by atoms with Gasteiger partial charge in [0.1, 0.15) is 11.6 Å². The van der Waals surface area contributed by atoms with Crippen LogP contribution in [0.5, 0.6) is 0 Å². The molecule has 2 aliphatic heterocycles. The van der Waals surface area contributed by atoms with Gasteiger partial charge in [0.05, 0.1) is 33.0 Å². The van der Waals surface area contributed by atoms with Gasteiger partial charge in [-0.05, 0) is 20.8 Å². The molecule has 1 aromatic heterocycles. The van der Waals surface area contributed by atoms with Crippen molar-refractivity contribution in [2.24, 2.45) is 0 Å². The molecule has 9 nitrogen and oxygen atoms in total. The van der Waals surface area contributed by atoms with E-state index in [1.165, 1.54) is 0 Å². The van der Waals surface area contributed by atoms with Crippen molar-refractivity contribution in [3.8, 4) is 0 Å². The summed E-state index contributed by atoms with van der Waals surface area (Å²) >= 11 is 0. The van der Waals surface area contributed by atoms with Crippen LogP contribution in [0.15, 0.2) is 4.52 Å². The fourth-order valence-electron chi connectivity index (χ4n) is 2.50. The molecule has 9 heteroatoms. The van der Waals surface area contributed by atoms with Crippen LogP contribution in [0.25, 0.3) is 0 Å². The number of carbonyl (C=O) groups excluding carboxylic acids is 1. The minimum Gasteiger partial charge on any atom is -0.444 e. The number of hydrogen-bond donors (Lipinski definition) is 0. The Balaban J connectivity index is 1.73. The normalized spacial score (nSPS) is 25.5. The Bertz CT molecular complexity index is 564. The summed E-state index contributed by atoms with van der Waals surface area (Å²) in [5, 5.41) is 3.99. The monoisotopic (exact) mass is 341 g/mol. The summed E-state index contributed by atoms with van der Waals surface area (Å²) in [4.78, 5) is 18.4. The quantitative estimate of drug-likeness (QED) is 0.798. The zero-order chi connectivity index (χ0) is 17.2. The molecule has 2 fully saturated rings. The van der Waals surface area contributed by atoms with Crippen LogP contribution in [0.4, 0.5) is 4.79 Å². The molecule has 0 bridgehead atoms. The second-order valence-electron chi connectivity index (χ2n) is 6.69. The maximum atomic E-state index is 12.4. The van der Waals surface area contributed by atoms with E-state index in [4.69, 9.17) is 23.5 Å². The van der Waals surface area contributed by atoms with E-state index in [0.29, 0.717) is 51.3 Å². The predicted molar refractivity (Wildman–Crippen MR) is 80.3 cm³/mol. The average Bonchev–Trinajstić information content (AvgIpc) is 3.04. The van der Waals surface area contributed by atoms with E-state index in [1.807, 2.05) is 20.8 Å². The lowest BCUT2D eigenvalue weighted by Gasteiger charge is -2.34. The molecule has 3 rings (SSSR count). The van der Waals surface area contributed by atoms with Crippen LogP contribution < -0.4 is 0 Å². The maximum absolute atomic E-state index is 12.4. The molecule has 2 atom stereocenters. The summed E-state index contributed by atoms with van der Waals surface area (Å²) < 4.78 is 27.1. The molecule has 0 radical (unpaired) electrons. The lowest BCUT2D eigenvalue weighted by molar-refractivity contribution is -0.101. The van der Waals surface area contributed by atoms with E-state index < -0.39 is 17.7 Å². The zero-order valence-corrected chi connectivity index (χ0v) is 14.2. The Hall–Kier alpha value is -1.71. The van der Waals surface area contributed by atoms with E-state index in [0.717, 1.165) is 0 Å². The van der Waals surface area contributed by atoms with E-state index >= 15 is 0 Å². The third kappa shape index (κ3) is 4.03. The van der Waals surface area contributed by atoms with Gasteiger partial charge in [-0.2, -0.15) is 4.98 Å². The van der Waals surface area contributed by atoms with Crippen LogP contribution in [0.3, 0.4) is 0 Å². The first-order valence-corrected chi connectivity index (χ1v) is 8.04. The van der Waals surface area contributed by atoms with Crippen molar-refractivity contribution in [3.05, 3.63) is 11.7 Å². The van der Waals surface area contributed by atoms with Crippen molar-refractivity contribution >= 4 is 6.09 Å². The largest absolute Gasteiger partial charge is 0.444 e. The molecule has 2 aliphatic rings. The highest BCUT2D eigenvalue weighted by Crippen LogP contribution is 2.26. The molecule has 0 unspecified atom stereocenters. The molecule has 0 aliphatic carbocycles. The molecule has 0 spiro atoms. The van der Waals surface area contributed by atoms with Gasteiger partial charge >= 0.3 is 6.09 Å². The van der Waals surface area contributed by atoms with Crippen molar-refractivity contribution in [1.29, 1.82) is 0 Å². The number of rotatable bonds is 2. The van der Waals surface area contributed by atoms with Gasteiger partial charge in [-0.25, -0.2) is 4.79 Å². The second-order valence-corrected chi connectivity index (χ2v) is 6.69. The molecule has 0 saturated carbocycles. The fourth-order valence-corrected chi connectivity index (χ4v) is 2.50. The van der Waals surface area contributed by atoms with Crippen molar-refractivity contribution in [2.45, 2.75) is 38.5 Å². The number of carbonyl (C=O) groups is 1. The maximum Gasteiger partial charge on any atom is 0.411 e. The highest BCUT2D eigenvalue weighted by Gasteiger charge is 2.36. The molecule has 134 valence electrons. The number of hydrogen-bond acceptors (Lipinski definition) is 8. The Kier molecular flexibility index (Phi) is 5.02. The number of nitrogens with zero attached hydrogens (tertiary/aromatic N) is 3. The van der Waals surface area contributed by atoms with Gasteiger partial charge in [-0.3, -0.25) is 4.90 Å². The summed E-state index contributed by atoms with van der Waals surface area (Å²) in [5.41, 5.74) is -0.574. The van der Waals surface area contributed by atoms with Gasteiger partial charge in [-0.15, -0.1) is 0 Å². The van der Waals surface area contributed by atoms with Crippen molar-refractivity contribution in [2.75, 3.05) is 39.6 Å². The van der Waals surface area contributed by atoms with Crippen molar-refractivity contribution in [1.82, 2.24) is 15.0 Å². The van der Waals surface area contributed by atoms with E-state index in [2.05, 4.69) is 10.1 Å². The fraction of sp³-hybridized carbons (Fsp3) is 0.800. The zero-order valence-electron chi connectivity index (χ0n) is 14.2. The van der Waals surface area contributed by atoms with E-state index in [1.54, 1.807) is 4.90 Å². The molecule has 0 N–H and O–H groups in total. The van der Waals surface area contributed by atoms with Crippen molar-refractivity contribution < 1.29 is 28.3 Å². The molecule has 1 amide bonds. The lowest BCUT2D eigenvalue weighted by atomic mass is 10.2. The smallest absolute Gasteiger partial charge is 0.411 e. The van der Waals surface area contributed by atoms with Gasteiger partial charge in [0.25, 0.3) is 5.89 Å². The van der Waals surface area contributed by atoms with E-state index in [-0.39, 0.29) is 6.10 Å². The molecule has 24 heavy (non-hydrogen) atoms. The van der Waals surface area contributed by atoms with Crippen molar-refractivity contribution in [3.63, 3.8) is 0 Å². The summed E-state index contributed by atoms with van der Waals surface area (Å²) in [6.45, 7) is 8.04. The summed E-state index contributed by atoms with van der Waals surface area (Å²) in [6, 6.07) is -0.449. The Labute approximate surface area is 140 Å². The number of aromatic nitrogens is 2. The predicted octanol–water partition coefficient (Wildman–Crippen LogP) is 1.47. The first-order chi connectivity index (χ1) is 11.4. The number of morpholine rings is 1. The first kappa shape index (κ1) is 17.1. The van der Waals surface area contributed by atoms with Gasteiger partial charge < -0.3 is 23.5 Å². The highest BCUT2D eigenvalue weighted by molar-refractivity contribution is 5.68. The Morgan fingerprint density at radius 2 is 2.00 bits per heavy atom. The lowest BCUT2D eigenvalue weighted by Crippen LogP contribution is -2.46. The third-order valence-corrected chi connectivity index (χ3v) is 3.60. The summed E-state index contributed by atoms with van der Waals surface area (Å²) in [5.74, 6) is 0.726. The van der Waals surface area contributed by atoms with Crippen LogP contribution in [0.2, 0.25) is 0 Å². The second kappa shape index (κ2) is 7.04. The van der Waals surface area contributed by atoms with Gasteiger partial charge in [-0.1, -0.05) is 5.16 Å². The average molecular weight is 341 g/mol. The molecular weight excluding hydrogens is 318 g/mol. The van der Waals surface area contributed by atoms with Crippen LogP contribution in [0, 0.1) is 0 Å². The van der Waals surface area contributed by atoms with Crippen LogP contribution in [0.1, 0.15) is 44.6 Å². The molecule has 1 aromatic rings. The Morgan fingerprint density at radius 1 is 1.21 bits per heavy atom. The molecule has 3 heterocycles. The van der Waals surface area contributed by atoms with Gasteiger partial charge in [0, 0.05) is 6.54 Å². The van der Waals surface area contributed by atoms with E-state index in [9.17, 15) is 4.79 Å². The van der Waals surface area contributed by atoms with Gasteiger partial charge in [0.15, 0.2) is 11.9 Å². The molecule has 0 aromatic carbocycles. The first-order valence-electron chi connectivity index (χ1n) is 8.04. The third-order valence-electron chi connectivity index (χ3n) is 3.60. The summed E-state index contributed by atoms with van der Waals surface area (Å²) in [6.07, 6.45) is -0.793. The summed E-state index contributed by atoms with van der Waals surface area (Å²) in [7, 11) is 0. The minimum absolute atomic E-state index is 0.292. The SMILES string of the molecule is CC(C)(C)OC(=O)N1CCOC[C@H]1c1noc([C@H]2COCCO2)n1. The number of amides is 1. The topological polar surface area (TPSA) is 96.2 Å². The minimum atomic E-state index is -0.574. The Morgan fingerprint density at radius 3 is 2.71 bits per heavy atom. The van der Waals surface area contributed by atoms with Crippen LogP contribution in [-0.2, 0) is 18.9 Å². The molecule has 2 saturated heterocycles. The van der Waals surface area contributed by atoms with Gasteiger partial charge in [0.2, 0.25) is 0 Å².